The summed E-state index contributed by atoms with van der Waals surface area (Å²) < 4.78 is 0. The van der Waals surface area contributed by atoms with Gasteiger partial charge in [-0.15, -0.1) is 0 Å². The molecule has 0 spiro atoms. The molecule has 28 heavy (non-hydrogen) atoms. The Labute approximate surface area is 167 Å². The lowest BCUT2D eigenvalue weighted by molar-refractivity contribution is -0.122. The van der Waals surface area contributed by atoms with Crippen molar-refractivity contribution >= 4 is 29.1 Å². The maximum absolute atomic E-state index is 13.6. The minimum atomic E-state index is -0.376. The van der Waals surface area contributed by atoms with Gasteiger partial charge in [0.1, 0.15) is 0 Å². The van der Waals surface area contributed by atoms with Crippen molar-refractivity contribution in [3.8, 4) is 0 Å². The second-order valence-electron chi connectivity index (χ2n) is 7.73. The number of amides is 2. The molecule has 1 aliphatic heterocycles. The first-order valence-electron chi connectivity index (χ1n) is 9.48. The van der Waals surface area contributed by atoms with Crippen molar-refractivity contribution in [3.05, 3.63) is 100 Å². The Balaban J connectivity index is 1.59. The van der Waals surface area contributed by atoms with Crippen LogP contribution in [0.5, 0.6) is 0 Å². The second kappa shape index (κ2) is 5.55. The molecule has 3 aromatic rings. The van der Waals surface area contributed by atoms with E-state index < -0.39 is 0 Å². The third-order valence-electron chi connectivity index (χ3n) is 6.54. The molecule has 136 valence electrons. The molecule has 2 bridgehead atoms. The number of nitrogens with zero attached hydrogens (tertiary/aromatic N) is 1. The average molecular weight is 386 g/mol. The highest BCUT2D eigenvalue weighted by Crippen LogP contribution is 2.61. The zero-order valence-corrected chi connectivity index (χ0v) is 15.6. The van der Waals surface area contributed by atoms with Crippen LogP contribution in [0.1, 0.15) is 34.1 Å². The Hall–Kier alpha value is -2.91. The molecule has 2 atom stereocenters. The summed E-state index contributed by atoms with van der Waals surface area (Å²) in [5, 5.41) is 0.422. The third-order valence-corrected chi connectivity index (χ3v) is 6.86. The Kier molecular flexibility index (Phi) is 3.19. The molecule has 4 heteroatoms. The Morgan fingerprint density at radius 3 is 1.43 bits per heavy atom. The molecule has 3 aliphatic carbocycles. The Morgan fingerprint density at radius 2 is 1.00 bits per heavy atom. The highest BCUT2D eigenvalue weighted by Gasteiger charge is 2.61. The van der Waals surface area contributed by atoms with Gasteiger partial charge in [0.15, 0.2) is 0 Å². The maximum atomic E-state index is 13.6. The number of hydrogen-bond acceptors (Lipinski definition) is 2. The SMILES string of the molecule is O=C1[C@H]2C3c4ccccc4C(c4ccccc43)[C@@H]2C(=O)N1c1ccccc1Cl. The zero-order chi connectivity index (χ0) is 19.0. The first-order valence-corrected chi connectivity index (χ1v) is 9.86. The fraction of sp³-hybridized carbons (Fsp3) is 0.167. The highest BCUT2D eigenvalue weighted by atomic mass is 35.5. The predicted octanol–water partition coefficient (Wildman–Crippen LogP) is 4.74. The van der Waals surface area contributed by atoms with E-state index in [4.69, 9.17) is 11.6 Å². The third kappa shape index (κ3) is 1.85. The van der Waals surface area contributed by atoms with Gasteiger partial charge in [-0.25, -0.2) is 4.90 Å². The number of halogens is 1. The molecule has 7 rings (SSSR count). The summed E-state index contributed by atoms with van der Waals surface area (Å²) in [6.45, 7) is 0. The zero-order valence-electron chi connectivity index (χ0n) is 14.9. The van der Waals surface area contributed by atoms with Gasteiger partial charge in [0.05, 0.1) is 22.5 Å². The van der Waals surface area contributed by atoms with Crippen LogP contribution in [0.3, 0.4) is 0 Å². The molecule has 3 nitrogen and oxygen atoms in total. The van der Waals surface area contributed by atoms with Crippen LogP contribution in [-0.2, 0) is 9.59 Å². The van der Waals surface area contributed by atoms with Gasteiger partial charge < -0.3 is 0 Å². The number of carbonyl (C=O) groups excluding carboxylic acids is 2. The minimum absolute atomic E-state index is 0.0914. The highest BCUT2D eigenvalue weighted by molar-refractivity contribution is 6.36. The van der Waals surface area contributed by atoms with Crippen LogP contribution < -0.4 is 4.90 Å². The van der Waals surface area contributed by atoms with Crippen molar-refractivity contribution in [2.45, 2.75) is 11.8 Å². The number of carbonyl (C=O) groups is 2. The summed E-state index contributed by atoms with van der Waals surface area (Å²) in [7, 11) is 0. The fourth-order valence-corrected chi connectivity index (χ4v) is 5.77. The van der Waals surface area contributed by atoms with Gasteiger partial charge in [-0.2, -0.15) is 0 Å². The van der Waals surface area contributed by atoms with Gasteiger partial charge in [-0.3, -0.25) is 9.59 Å². The largest absolute Gasteiger partial charge is 0.274 e. The molecule has 3 aromatic carbocycles. The summed E-state index contributed by atoms with van der Waals surface area (Å²) in [5.74, 6) is -1.21. The molecule has 0 N–H and O–H groups in total. The molecule has 0 unspecified atom stereocenters. The van der Waals surface area contributed by atoms with E-state index in [-0.39, 0.29) is 35.5 Å². The second-order valence-corrected chi connectivity index (χ2v) is 8.14. The number of benzene rings is 3. The van der Waals surface area contributed by atoms with E-state index in [1.54, 1.807) is 18.2 Å². The molecule has 1 heterocycles. The first-order chi connectivity index (χ1) is 13.7. The van der Waals surface area contributed by atoms with E-state index >= 15 is 0 Å². The van der Waals surface area contributed by atoms with Crippen LogP contribution in [0.4, 0.5) is 5.69 Å². The number of hydrogen-bond donors (Lipinski definition) is 0. The smallest absolute Gasteiger partial charge is 0.238 e. The van der Waals surface area contributed by atoms with Gasteiger partial charge in [0, 0.05) is 11.8 Å². The molecule has 0 radical (unpaired) electrons. The van der Waals surface area contributed by atoms with Crippen LogP contribution >= 0.6 is 11.6 Å². The van der Waals surface area contributed by atoms with Crippen molar-refractivity contribution in [1.29, 1.82) is 0 Å². The van der Waals surface area contributed by atoms with Crippen LogP contribution in [0.15, 0.2) is 72.8 Å². The molecule has 0 saturated carbocycles. The molecule has 2 amide bonds. The molecular formula is C24H16ClNO2. The van der Waals surface area contributed by atoms with Gasteiger partial charge in [0.25, 0.3) is 0 Å². The molecular weight excluding hydrogens is 370 g/mol. The lowest BCUT2D eigenvalue weighted by atomic mass is 9.55. The lowest BCUT2D eigenvalue weighted by Gasteiger charge is -2.45. The van der Waals surface area contributed by atoms with Gasteiger partial charge in [-0.1, -0.05) is 72.3 Å². The van der Waals surface area contributed by atoms with Gasteiger partial charge in [-0.05, 0) is 34.4 Å². The molecule has 1 saturated heterocycles. The van der Waals surface area contributed by atoms with Crippen molar-refractivity contribution in [2.75, 3.05) is 4.90 Å². The molecule has 4 aliphatic rings. The normalized spacial score (nSPS) is 26.8. The van der Waals surface area contributed by atoms with Crippen LogP contribution in [0, 0.1) is 11.8 Å². The monoisotopic (exact) mass is 385 g/mol. The van der Waals surface area contributed by atoms with Gasteiger partial charge in [0.2, 0.25) is 11.8 Å². The average Bonchev–Trinajstić information content (AvgIpc) is 2.99. The molecule has 0 aromatic heterocycles. The van der Waals surface area contributed by atoms with E-state index in [1.807, 2.05) is 30.3 Å². The summed E-state index contributed by atoms with van der Waals surface area (Å²) >= 11 is 6.35. The quantitative estimate of drug-likeness (QED) is 0.567. The topological polar surface area (TPSA) is 37.4 Å². The Morgan fingerprint density at radius 1 is 0.607 bits per heavy atom. The molecule has 1 fully saturated rings. The van der Waals surface area contributed by atoms with Crippen LogP contribution in [0.25, 0.3) is 0 Å². The summed E-state index contributed by atoms with van der Waals surface area (Å²) in [4.78, 5) is 28.4. The number of imide groups is 1. The van der Waals surface area contributed by atoms with Gasteiger partial charge >= 0.3 is 0 Å². The fourth-order valence-electron chi connectivity index (χ4n) is 5.55. The predicted molar refractivity (Wildman–Crippen MR) is 107 cm³/mol. The minimum Gasteiger partial charge on any atom is -0.274 e. The van der Waals surface area contributed by atoms with Crippen molar-refractivity contribution in [3.63, 3.8) is 0 Å². The van der Waals surface area contributed by atoms with Crippen LogP contribution in [0.2, 0.25) is 5.02 Å². The van der Waals surface area contributed by atoms with Crippen molar-refractivity contribution < 1.29 is 9.59 Å². The number of para-hydroxylation sites is 1. The first kappa shape index (κ1) is 16.1. The van der Waals surface area contributed by atoms with E-state index in [1.165, 1.54) is 27.2 Å². The number of rotatable bonds is 1. The van der Waals surface area contributed by atoms with Crippen molar-refractivity contribution in [1.82, 2.24) is 0 Å². The van der Waals surface area contributed by atoms with E-state index in [2.05, 4.69) is 24.3 Å². The maximum Gasteiger partial charge on any atom is 0.238 e. The summed E-state index contributed by atoms with van der Waals surface area (Å²) in [5.41, 5.74) is 5.19. The summed E-state index contributed by atoms with van der Waals surface area (Å²) in [6.07, 6.45) is 0. The number of anilines is 1. The van der Waals surface area contributed by atoms with E-state index in [0.29, 0.717) is 10.7 Å². The van der Waals surface area contributed by atoms with Crippen LogP contribution in [-0.4, -0.2) is 11.8 Å². The summed E-state index contributed by atoms with van der Waals surface area (Å²) in [6, 6.07) is 23.6. The Bertz CT molecular complexity index is 1060. The van der Waals surface area contributed by atoms with Crippen molar-refractivity contribution in [2.24, 2.45) is 11.8 Å². The standard InChI is InChI=1S/C24H16ClNO2/c25-17-11-5-6-12-18(17)26-23(27)21-19-13-7-1-2-8-14(13)20(22(21)24(26)28)16-10-4-3-9-15(16)19/h1-12,19-22H/t19?,20?,21-,22-/m0/s1. The van der Waals surface area contributed by atoms with E-state index in [9.17, 15) is 9.59 Å². The van der Waals surface area contributed by atoms with E-state index in [0.717, 1.165) is 0 Å². The lowest BCUT2D eigenvalue weighted by Crippen LogP contribution is -2.41.